The average molecular weight is 582 g/mol. The van der Waals surface area contributed by atoms with Gasteiger partial charge in [-0.25, -0.2) is 4.79 Å². The summed E-state index contributed by atoms with van der Waals surface area (Å²) in [6.45, 7) is 0.204. The average Bonchev–Trinajstić information content (AvgIpc) is 3.66. The normalized spacial score (nSPS) is 12.5. The van der Waals surface area contributed by atoms with E-state index in [9.17, 15) is 9.90 Å². The molecule has 1 saturated carbocycles. The highest BCUT2D eigenvalue weighted by molar-refractivity contribution is 6.39. The molecule has 1 N–H and O–H groups in total. The predicted octanol–water partition coefficient (Wildman–Crippen LogP) is 7.92. The zero-order valence-electron chi connectivity index (χ0n) is 21.1. The van der Waals surface area contributed by atoms with Crippen LogP contribution in [0.4, 0.5) is 5.69 Å². The molecule has 39 heavy (non-hydrogen) atoms. The maximum absolute atomic E-state index is 11.3. The second kappa shape index (κ2) is 11.2. The van der Waals surface area contributed by atoms with Crippen LogP contribution in [0.3, 0.4) is 0 Å². The highest BCUT2D eigenvalue weighted by Gasteiger charge is 2.33. The third-order valence-electron chi connectivity index (χ3n) is 6.35. The minimum Gasteiger partial charge on any atom is -0.489 e. The maximum Gasteiger partial charge on any atom is 0.335 e. The van der Waals surface area contributed by atoms with Crippen molar-refractivity contribution in [3.05, 3.63) is 97.7 Å². The number of aromatic carboxylic acids is 1. The highest BCUT2D eigenvalue weighted by atomic mass is 35.5. The molecule has 1 aliphatic carbocycles. The second-order valence-corrected chi connectivity index (χ2v) is 10.6. The van der Waals surface area contributed by atoms with Gasteiger partial charge in [-0.1, -0.05) is 57.9 Å². The summed E-state index contributed by atoms with van der Waals surface area (Å²) in [6.07, 6.45) is 2.07. The van der Waals surface area contributed by atoms with E-state index in [1.165, 1.54) is 6.07 Å². The molecule has 3 aromatic carbocycles. The van der Waals surface area contributed by atoms with E-state index in [0.717, 1.165) is 24.2 Å². The topological polar surface area (TPSA) is 75.8 Å². The van der Waals surface area contributed by atoms with Crippen LogP contribution >= 0.6 is 34.8 Å². The largest absolute Gasteiger partial charge is 0.489 e. The zero-order valence-corrected chi connectivity index (χ0v) is 23.4. The lowest BCUT2D eigenvalue weighted by Crippen LogP contribution is -2.11. The first-order valence-corrected chi connectivity index (χ1v) is 13.3. The van der Waals surface area contributed by atoms with Crippen molar-refractivity contribution in [2.45, 2.75) is 25.4 Å². The third-order valence-corrected chi connectivity index (χ3v) is 7.29. The van der Waals surface area contributed by atoms with Crippen molar-refractivity contribution in [2.75, 3.05) is 19.0 Å². The quantitative estimate of drug-likeness (QED) is 0.223. The Morgan fingerprint density at radius 1 is 1.03 bits per heavy atom. The third kappa shape index (κ3) is 5.86. The summed E-state index contributed by atoms with van der Waals surface area (Å²) in [5, 5.41) is 15.0. The number of halogens is 3. The Labute approximate surface area is 241 Å². The molecular formula is C30H23Cl3N2O4. The second-order valence-electron chi connectivity index (χ2n) is 9.36. The summed E-state index contributed by atoms with van der Waals surface area (Å²) in [5.74, 6) is 6.85. The smallest absolute Gasteiger partial charge is 0.335 e. The lowest BCUT2D eigenvalue weighted by atomic mass is 10.0. The van der Waals surface area contributed by atoms with Gasteiger partial charge in [0.1, 0.15) is 23.8 Å². The Balaban J connectivity index is 1.38. The Morgan fingerprint density at radius 3 is 2.36 bits per heavy atom. The van der Waals surface area contributed by atoms with Gasteiger partial charge in [-0.15, -0.1) is 0 Å². The van der Waals surface area contributed by atoms with Crippen LogP contribution < -0.4 is 9.64 Å². The van der Waals surface area contributed by atoms with Crippen LogP contribution in [0.5, 0.6) is 5.75 Å². The van der Waals surface area contributed by atoms with Crippen LogP contribution in [0.2, 0.25) is 15.1 Å². The minimum absolute atomic E-state index is 0.196. The predicted molar refractivity (Wildman–Crippen MR) is 153 cm³/mol. The summed E-state index contributed by atoms with van der Waals surface area (Å²) >= 11 is 19.5. The van der Waals surface area contributed by atoms with E-state index in [1.807, 2.05) is 19.0 Å². The molecular weight excluding hydrogens is 559 g/mol. The Kier molecular flexibility index (Phi) is 7.76. The van der Waals surface area contributed by atoms with E-state index < -0.39 is 5.97 Å². The van der Waals surface area contributed by atoms with Crippen LogP contribution in [0, 0.1) is 11.8 Å². The van der Waals surface area contributed by atoms with Gasteiger partial charge in [0.2, 0.25) is 0 Å². The number of ether oxygens (including phenoxy) is 1. The number of carbonyl (C=O) groups is 1. The molecule has 9 heteroatoms. The summed E-state index contributed by atoms with van der Waals surface area (Å²) in [4.78, 5) is 13.2. The van der Waals surface area contributed by atoms with Gasteiger partial charge in [-0.2, -0.15) is 0 Å². The van der Waals surface area contributed by atoms with Gasteiger partial charge >= 0.3 is 5.97 Å². The van der Waals surface area contributed by atoms with Gasteiger partial charge in [0.05, 0.1) is 31.9 Å². The number of benzene rings is 3. The summed E-state index contributed by atoms with van der Waals surface area (Å²) in [6, 6.07) is 15.4. The Bertz CT molecular complexity index is 1610. The number of hydrogen-bond donors (Lipinski definition) is 1. The lowest BCUT2D eigenvalue weighted by Gasteiger charge is -2.15. The molecule has 0 saturated heterocycles. The minimum atomic E-state index is -0.992. The molecule has 0 amide bonds. The molecule has 0 radical (unpaired) electrons. The van der Waals surface area contributed by atoms with Crippen molar-refractivity contribution in [3.63, 3.8) is 0 Å². The number of hydrogen-bond acceptors (Lipinski definition) is 5. The number of aromatic nitrogens is 1. The van der Waals surface area contributed by atoms with Crippen LogP contribution in [0.1, 0.15) is 51.6 Å². The molecule has 198 valence electrons. The summed E-state index contributed by atoms with van der Waals surface area (Å²) < 4.78 is 11.8. The van der Waals surface area contributed by atoms with E-state index in [2.05, 4.69) is 17.0 Å². The Hall–Kier alpha value is -3.63. The lowest BCUT2D eigenvalue weighted by molar-refractivity contribution is 0.0697. The van der Waals surface area contributed by atoms with Crippen molar-refractivity contribution in [3.8, 4) is 28.8 Å². The van der Waals surface area contributed by atoms with Crippen molar-refractivity contribution in [1.29, 1.82) is 0 Å². The van der Waals surface area contributed by atoms with Crippen molar-refractivity contribution in [2.24, 2.45) is 0 Å². The fraction of sp³-hybridized carbons (Fsp3) is 0.200. The van der Waals surface area contributed by atoms with Gasteiger partial charge in [-0.3, -0.25) is 0 Å². The number of anilines is 1. The molecule has 0 spiro atoms. The number of nitrogens with zero attached hydrogens (tertiary/aromatic N) is 2. The van der Waals surface area contributed by atoms with E-state index >= 15 is 0 Å². The molecule has 1 aliphatic rings. The first kappa shape index (κ1) is 27.0. The molecule has 1 aromatic heterocycles. The number of carboxylic acid groups (broad SMARTS) is 1. The van der Waals surface area contributed by atoms with Crippen molar-refractivity contribution < 1.29 is 19.2 Å². The van der Waals surface area contributed by atoms with Crippen LogP contribution in [-0.4, -0.2) is 30.3 Å². The van der Waals surface area contributed by atoms with E-state index in [1.54, 1.807) is 48.5 Å². The van der Waals surface area contributed by atoms with Crippen LogP contribution in [0.15, 0.2) is 59.1 Å². The van der Waals surface area contributed by atoms with Gasteiger partial charge in [-0.05, 0) is 55.3 Å². The maximum atomic E-state index is 11.3. The fourth-order valence-corrected chi connectivity index (χ4v) is 4.96. The SMILES string of the molecule is CN(C)c1cc(C(=O)O)ccc1C#Cc1ccc(OCc2c(-c3c(Cl)cccc3Cl)noc2C2CC2)cc1Cl. The molecule has 0 bridgehead atoms. The van der Waals surface area contributed by atoms with Crippen LogP contribution in [0.25, 0.3) is 11.3 Å². The van der Waals surface area contributed by atoms with Gasteiger partial charge in [0, 0.05) is 42.8 Å². The van der Waals surface area contributed by atoms with Crippen molar-refractivity contribution >= 4 is 46.5 Å². The monoisotopic (exact) mass is 580 g/mol. The molecule has 0 atom stereocenters. The molecule has 4 aromatic rings. The van der Waals surface area contributed by atoms with E-state index in [0.29, 0.717) is 54.8 Å². The molecule has 1 fully saturated rings. The van der Waals surface area contributed by atoms with E-state index in [4.69, 9.17) is 44.1 Å². The van der Waals surface area contributed by atoms with Gasteiger partial charge < -0.3 is 19.3 Å². The first-order chi connectivity index (χ1) is 18.7. The Morgan fingerprint density at radius 2 is 1.72 bits per heavy atom. The number of carboxylic acids is 1. The zero-order chi connectivity index (χ0) is 27.7. The standard InChI is InChI=1S/C30H23Cl3N2O4/c1-35(2)26-14-20(30(36)37)11-8-18(26)7-6-17-12-13-21(15-25(17)33)38-16-22-28(34-39-29(22)19-9-10-19)27-23(31)4-3-5-24(27)32/h3-5,8,11-15,19H,9-10,16H2,1-2H3,(H,36,37). The molecule has 0 unspecified atom stereocenters. The van der Waals surface area contributed by atoms with Crippen molar-refractivity contribution in [1.82, 2.24) is 5.16 Å². The highest BCUT2D eigenvalue weighted by Crippen LogP contribution is 2.46. The molecule has 1 heterocycles. The summed E-state index contributed by atoms with van der Waals surface area (Å²) in [5.41, 5.74) is 4.21. The fourth-order valence-electron chi connectivity index (χ4n) is 4.17. The van der Waals surface area contributed by atoms with E-state index in [-0.39, 0.29) is 12.2 Å². The first-order valence-electron chi connectivity index (χ1n) is 12.1. The molecule has 6 nitrogen and oxygen atoms in total. The summed E-state index contributed by atoms with van der Waals surface area (Å²) in [7, 11) is 3.67. The molecule has 0 aliphatic heterocycles. The van der Waals surface area contributed by atoms with Crippen LogP contribution in [-0.2, 0) is 6.61 Å². The van der Waals surface area contributed by atoms with Gasteiger partial charge in [0.25, 0.3) is 0 Å². The molecule has 5 rings (SSSR count). The van der Waals surface area contributed by atoms with Gasteiger partial charge in [0.15, 0.2) is 0 Å². The number of rotatable bonds is 7.